The summed E-state index contributed by atoms with van der Waals surface area (Å²) in [5, 5.41) is 21.9. The maximum absolute atomic E-state index is 14.2. The first-order valence-corrected chi connectivity index (χ1v) is 13.1. The van der Waals surface area contributed by atoms with Crippen LogP contribution in [0.3, 0.4) is 0 Å². The highest BCUT2D eigenvalue weighted by Crippen LogP contribution is 2.60. The molecule has 2 saturated carbocycles. The molecule has 2 heterocycles. The van der Waals surface area contributed by atoms with Gasteiger partial charge in [0, 0.05) is 36.2 Å². The Balaban J connectivity index is 1.21. The number of aliphatic hydroxyl groups is 1. The van der Waals surface area contributed by atoms with Crippen molar-refractivity contribution in [2.75, 3.05) is 7.11 Å². The van der Waals surface area contributed by atoms with Crippen molar-refractivity contribution in [1.82, 2.24) is 25.1 Å². The highest BCUT2D eigenvalue weighted by atomic mass is 19.1. The SMILES string of the molecule is COc1cc(CN[C@@H]2C[C@H](O)C23CC3)cc2nc(-c3cccc(-c4ccc(F)cc4-c4nncn4C)c3)oc12. The van der Waals surface area contributed by atoms with E-state index in [0.717, 1.165) is 41.5 Å². The average Bonchev–Trinajstić information content (AvgIpc) is 3.54. The van der Waals surface area contributed by atoms with E-state index in [1.807, 2.05) is 43.4 Å². The van der Waals surface area contributed by atoms with Gasteiger partial charge in [-0.25, -0.2) is 9.37 Å². The fourth-order valence-electron chi connectivity index (χ4n) is 5.85. The first-order valence-electron chi connectivity index (χ1n) is 13.1. The molecule has 0 unspecified atom stereocenters. The second-order valence-corrected chi connectivity index (χ2v) is 10.6. The molecular formula is C30H28FN5O3. The predicted molar refractivity (Wildman–Crippen MR) is 144 cm³/mol. The van der Waals surface area contributed by atoms with Crippen molar-refractivity contribution in [3.05, 3.63) is 72.3 Å². The summed E-state index contributed by atoms with van der Waals surface area (Å²) >= 11 is 0. The summed E-state index contributed by atoms with van der Waals surface area (Å²) in [7, 11) is 3.45. The number of nitrogens with zero attached hydrogens (tertiary/aromatic N) is 4. The molecule has 2 N–H and O–H groups in total. The van der Waals surface area contributed by atoms with E-state index >= 15 is 0 Å². The Kier molecular flexibility index (Phi) is 5.54. The van der Waals surface area contributed by atoms with E-state index in [2.05, 4.69) is 15.5 Å². The summed E-state index contributed by atoms with van der Waals surface area (Å²) < 4.78 is 27.8. The lowest BCUT2D eigenvalue weighted by atomic mass is 9.73. The number of nitrogens with one attached hydrogen (secondary N) is 1. The largest absolute Gasteiger partial charge is 0.493 e. The van der Waals surface area contributed by atoms with Crippen LogP contribution in [0.1, 0.15) is 24.8 Å². The number of rotatable bonds is 7. The molecule has 0 saturated heterocycles. The van der Waals surface area contributed by atoms with Crippen molar-refractivity contribution < 1.29 is 18.7 Å². The Hall–Kier alpha value is -4.08. The number of oxazole rings is 1. The lowest BCUT2D eigenvalue weighted by Gasteiger charge is -2.43. The molecule has 2 atom stereocenters. The Morgan fingerprint density at radius 3 is 2.72 bits per heavy atom. The van der Waals surface area contributed by atoms with E-state index in [4.69, 9.17) is 14.1 Å². The highest BCUT2D eigenvalue weighted by molar-refractivity contribution is 5.85. The van der Waals surface area contributed by atoms with Crippen LogP contribution in [0.5, 0.6) is 5.75 Å². The summed E-state index contributed by atoms with van der Waals surface area (Å²) in [6, 6.07) is 16.8. The third kappa shape index (κ3) is 4.00. The van der Waals surface area contributed by atoms with Gasteiger partial charge >= 0.3 is 0 Å². The summed E-state index contributed by atoms with van der Waals surface area (Å²) in [5.74, 6) is 1.32. The molecule has 2 fully saturated rings. The lowest BCUT2D eigenvalue weighted by Crippen LogP contribution is -2.55. The van der Waals surface area contributed by atoms with Gasteiger partial charge in [0.2, 0.25) is 5.89 Å². The minimum Gasteiger partial charge on any atom is -0.493 e. The fourth-order valence-corrected chi connectivity index (χ4v) is 5.85. The number of hydrogen-bond acceptors (Lipinski definition) is 7. The van der Waals surface area contributed by atoms with Gasteiger partial charge in [-0.3, -0.25) is 0 Å². The van der Waals surface area contributed by atoms with Gasteiger partial charge in [0.15, 0.2) is 17.2 Å². The zero-order valence-electron chi connectivity index (χ0n) is 21.7. The van der Waals surface area contributed by atoms with Crippen molar-refractivity contribution in [2.24, 2.45) is 12.5 Å². The molecule has 2 aliphatic carbocycles. The van der Waals surface area contributed by atoms with Gasteiger partial charge in [-0.15, -0.1) is 10.2 Å². The van der Waals surface area contributed by atoms with Gasteiger partial charge in [0.25, 0.3) is 0 Å². The van der Waals surface area contributed by atoms with Gasteiger partial charge in [-0.05, 0) is 72.4 Å². The van der Waals surface area contributed by atoms with Gasteiger partial charge in [-0.1, -0.05) is 18.2 Å². The van der Waals surface area contributed by atoms with Crippen molar-refractivity contribution >= 4 is 11.1 Å². The average molecular weight is 526 g/mol. The number of ether oxygens (including phenoxy) is 1. The van der Waals surface area contributed by atoms with E-state index in [9.17, 15) is 9.50 Å². The topological polar surface area (TPSA) is 98.2 Å². The number of methoxy groups -OCH3 is 1. The smallest absolute Gasteiger partial charge is 0.227 e. The van der Waals surface area contributed by atoms with Gasteiger partial charge < -0.3 is 24.1 Å². The Labute approximate surface area is 224 Å². The third-order valence-electron chi connectivity index (χ3n) is 8.29. The zero-order chi connectivity index (χ0) is 26.7. The van der Waals surface area contributed by atoms with Crippen molar-refractivity contribution in [2.45, 2.75) is 38.0 Å². The zero-order valence-corrected chi connectivity index (χ0v) is 21.7. The molecule has 7 rings (SSSR count). The fraction of sp³-hybridized carbons (Fsp3) is 0.300. The highest BCUT2D eigenvalue weighted by Gasteiger charge is 2.62. The summed E-state index contributed by atoms with van der Waals surface area (Å²) in [6.45, 7) is 0.665. The number of halogens is 1. The molecule has 0 aliphatic heterocycles. The molecule has 5 aromatic rings. The molecule has 0 amide bonds. The van der Waals surface area contributed by atoms with Crippen LogP contribution in [-0.4, -0.2) is 44.1 Å². The minimum absolute atomic E-state index is 0.0947. The van der Waals surface area contributed by atoms with Gasteiger partial charge in [0.1, 0.15) is 17.7 Å². The standard InChI is InChI=1S/C30H28FN5O3/c1-36-16-33-35-28(36)22-13-20(31)6-7-21(22)18-4-3-5-19(12-18)29-34-23-10-17(11-24(38-2)27(23)39-29)15-32-25-14-26(37)30(25)8-9-30/h3-7,10-13,16,25-26,32,37H,8-9,14-15H2,1-2H3/t25-,26+/m1/s1. The molecule has 0 bridgehead atoms. The summed E-state index contributed by atoms with van der Waals surface area (Å²) in [4.78, 5) is 4.80. The quantitative estimate of drug-likeness (QED) is 0.305. The number of aryl methyl sites for hydroxylation is 1. The van der Waals surface area contributed by atoms with Crippen LogP contribution < -0.4 is 10.1 Å². The van der Waals surface area contributed by atoms with E-state index in [0.29, 0.717) is 46.7 Å². The number of hydrogen-bond donors (Lipinski definition) is 2. The Morgan fingerprint density at radius 1 is 1.13 bits per heavy atom. The molecule has 2 aliphatic rings. The number of aliphatic hydroxyl groups excluding tert-OH is 1. The van der Waals surface area contributed by atoms with Crippen LogP contribution in [0, 0.1) is 11.2 Å². The van der Waals surface area contributed by atoms with E-state index in [1.165, 1.54) is 12.1 Å². The van der Waals surface area contributed by atoms with E-state index in [-0.39, 0.29) is 17.3 Å². The van der Waals surface area contributed by atoms with Crippen molar-refractivity contribution in [1.29, 1.82) is 0 Å². The van der Waals surface area contributed by atoms with Crippen LogP contribution in [-0.2, 0) is 13.6 Å². The monoisotopic (exact) mass is 525 g/mol. The van der Waals surface area contributed by atoms with Gasteiger partial charge in [0.05, 0.1) is 13.2 Å². The maximum atomic E-state index is 14.2. The number of aromatic nitrogens is 4. The van der Waals surface area contributed by atoms with Crippen molar-refractivity contribution in [3.8, 4) is 39.7 Å². The molecule has 9 heteroatoms. The second-order valence-electron chi connectivity index (χ2n) is 10.6. The van der Waals surface area contributed by atoms with Gasteiger partial charge in [-0.2, -0.15) is 0 Å². The van der Waals surface area contributed by atoms with E-state index < -0.39 is 0 Å². The van der Waals surface area contributed by atoms with Crippen LogP contribution >= 0.6 is 0 Å². The first kappa shape index (κ1) is 24.0. The maximum Gasteiger partial charge on any atom is 0.227 e. The van der Waals surface area contributed by atoms with Crippen LogP contribution in [0.25, 0.3) is 45.1 Å². The Morgan fingerprint density at radius 2 is 1.97 bits per heavy atom. The van der Waals surface area contributed by atoms with Crippen LogP contribution in [0.2, 0.25) is 0 Å². The molecule has 198 valence electrons. The molecule has 3 aromatic carbocycles. The molecule has 0 radical (unpaired) electrons. The van der Waals surface area contributed by atoms with Crippen LogP contribution in [0.15, 0.2) is 65.3 Å². The minimum atomic E-state index is -0.343. The van der Waals surface area contributed by atoms with Crippen LogP contribution in [0.4, 0.5) is 4.39 Å². The number of fused-ring (bicyclic) bond motifs is 1. The van der Waals surface area contributed by atoms with Crippen molar-refractivity contribution in [3.63, 3.8) is 0 Å². The first-order chi connectivity index (χ1) is 18.9. The van der Waals surface area contributed by atoms with E-state index in [1.54, 1.807) is 24.1 Å². The third-order valence-corrected chi connectivity index (χ3v) is 8.29. The summed E-state index contributed by atoms with van der Waals surface area (Å²) in [6.07, 6.45) is 4.41. The molecular weight excluding hydrogens is 497 g/mol. The number of benzene rings is 3. The Bertz CT molecular complexity index is 1710. The molecule has 39 heavy (non-hydrogen) atoms. The predicted octanol–water partition coefficient (Wildman–Crippen LogP) is 5.11. The lowest BCUT2D eigenvalue weighted by molar-refractivity contribution is -0.0295. The molecule has 8 nitrogen and oxygen atoms in total. The molecule has 1 spiro atoms. The summed E-state index contributed by atoms with van der Waals surface area (Å²) in [5.41, 5.74) is 5.58. The second kappa shape index (κ2) is 9.00. The normalized spacial score (nSPS) is 19.4. The molecule has 2 aromatic heterocycles.